The number of nitrogens with one attached hydrogen (secondary N) is 1. The number of aromatic hydroxyl groups is 1. The average molecular weight is 410 g/mol. The lowest BCUT2D eigenvalue weighted by atomic mass is 10.0. The van der Waals surface area contributed by atoms with E-state index >= 15 is 0 Å². The fourth-order valence-corrected chi connectivity index (χ4v) is 2.94. The zero-order valence-electron chi connectivity index (χ0n) is 15.4. The number of aryl methyl sites for hydroxylation is 1. The van der Waals surface area contributed by atoms with Crippen molar-refractivity contribution in [2.45, 2.75) is 31.9 Å². The lowest BCUT2D eigenvalue weighted by molar-refractivity contribution is 0.0693. The number of ether oxygens (including phenoxy) is 2. The minimum absolute atomic E-state index is 0. The molecule has 4 N–H and O–H groups in total. The molecule has 2 unspecified atom stereocenters. The van der Waals surface area contributed by atoms with Gasteiger partial charge >= 0.3 is 5.97 Å². The second kappa shape index (κ2) is 9.64. The number of benzene rings is 2. The number of halogens is 1. The van der Waals surface area contributed by atoms with Crippen molar-refractivity contribution in [2.24, 2.45) is 0 Å². The van der Waals surface area contributed by atoms with Gasteiger partial charge in [-0.05, 0) is 55.2 Å². The quantitative estimate of drug-likeness (QED) is 0.530. The van der Waals surface area contributed by atoms with Crippen molar-refractivity contribution in [3.63, 3.8) is 0 Å². The lowest BCUT2D eigenvalue weighted by Crippen LogP contribution is -2.30. The van der Waals surface area contributed by atoms with Crippen LogP contribution in [0.2, 0.25) is 0 Å². The van der Waals surface area contributed by atoms with Crippen LogP contribution in [-0.2, 0) is 6.42 Å². The normalized spacial score (nSPS) is 14.2. The molecule has 3 rings (SSSR count). The van der Waals surface area contributed by atoms with Gasteiger partial charge in [-0.1, -0.05) is 12.1 Å². The summed E-state index contributed by atoms with van der Waals surface area (Å²) in [6.07, 6.45) is 0.850. The van der Waals surface area contributed by atoms with Gasteiger partial charge in [-0.25, -0.2) is 4.79 Å². The molecule has 8 heteroatoms. The maximum atomic E-state index is 11.1. The molecule has 0 radical (unpaired) electrons. The highest BCUT2D eigenvalue weighted by atomic mass is 35.5. The Morgan fingerprint density at radius 3 is 2.68 bits per heavy atom. The van der Waals surface area contributed by atoms with E-state index in [0.717, 1.165) is 29.9 Å². The Bertz CT molecular complexity index is 828. The molecule has 2 atom stereocenters. The predicted octanol–water partition coefficient (Wildman–Crippen LogP) is 2.89. The van der Waals surface area contributed by atoms with E-state index in [4.69, 9.17) is 14.6 Å². The Kier molecular flexibility index (Phi) is 7.51. The van der Waals surface area contributed by atoms with Gasteiger partial charge in [-0.2, -0.15) is 0 Å². The molecule has 2 aromatic rings. The first kappa shape index (κ1) is 21.8. The minimum atomic E-state index is -1.23. The third-order valence-electron chi connectivity index (χ3n) is 4.60. The lowest BCUT2D eigenvalue weighted by Gasteiger charge is -2.18. The molecule has 1 aliphatic rings. The molecule has 0 saturated carbocycles. The van der Waals surface area contributed by atoms with Gasteiger partial charge in [-0.3, -0.25) is 0 Å². The van der Waals surface area contributed by atoms with Gasteiger partial charge in [0.2, 0.25) is 6.79 Å². The van der Waals surface area contributed by atoms with E-state index < -0.39 is 12.1 Å². The molecule has 7 nitrogen and oxygen atoms in total. The van der Waals surface area contributed by atoms with Gasteiger partial charge in [0, 0.05) is 12.6 Å². The number of aliphatic hydroxyl groups is 1. The summed E-state index contributed by atoms with van der Waals surface area (Å²) in [4.78, 5) is 11.1. The summed E-state index contributed by atoms with van der Waals surface area (Å²) in [5, 5.41) is 32.1. The van der Waals surface area contributed by atoms with Gasteiger partial charge < -0.3 is 30.1 Å². The van der Waals surface area contributed by atoms with Gasteiger partial charge in [0.1, 0.15) is 11.3 Å². The van der Waals surface area contributed by atoms with E-state index in [-0.39, 0.29) is 43.1 Å². The van der Waals surface area contributed by atoms with Crippen molar-refractivity contribution in [1.82, 2.24) is 5.32 Å². The monoisotopic (exact) mass is 409 g/mol. The second-order valence-electron chi connectivity index (χ2n) is 6.63. The van der Waals surface area contributed by atoms with Crippen molar-refractivity contribution < 1.29 is 29.6 Å². The molecule has 152 valence electrons. The summed E-state index contributed by atoms with van der Waals surface area (Å²) in [7, 11) is 0. The molecular weight excluding hydrogens is 386 g/mol. The van der Waals surface area contributed by atoms with Crippen LogP contribution in [0.1, 0.15) is 40.9 Å². The van der Waals surface area contributed by atoms with Gasteiger partial charge in [0.05, 0.1) is 6.10 Å². The fraction of sp³-hybridized carbons (Fsp3) is 0.350. The number of rotatable bonds is 8. The molecule has 0 aliphatic carbocycles. The summed E-state index contributed by atoms with van der Waals surface area (Å²) >= 11 is 0. The number of fused-ring (bicyclic) bond motifs is 1. The highest BCUT2D eigenvalue weighted by Crippen LogP contribution is 2.32. The van der Waals surface area contributed by atoms with Crippen LogP contribution in [0.15, 0.2) is 36.4 Å². The zero-order chi connectivity index (χ0) is 19.4. The molecular formula is C20H24ClNO6. The van der Waals surface area contributed by atoms with Crippen LogP contribution >= 0.6 is 12.4 Å². The highest BCUT2D eigenvalue weighted by molar-refractivity contribution is 5.90. The molecule has 0 fully saturated rings. The van der Waals surface area contributed by atoms with E-state index in [2.05, 4.69) is 5.32 Å². The maximum Gasteiger partial charge on any atom is 0.339 e. The van der Waals surface area contributed by atoms with E-state index in [0.29, 0.717) is 5.56 Å². The van der Waals surface area contributed by atoms with Crippen LogP contribution < -0.4 is 14.8 Å². The van der Waals surface area contributed by atoms with Crippen molar-refractivity contribution in [2.75, 3.05) is 13.3 Å². The zero-order valence-corrected chi connectivity index (χ0v) is 16.2. The first-order valence-corrected chi connectivity index (χ1v) is 8.80. The molecule has 0 bridgehead atoms. The Morgan fingerprint density at radius 2 is 1.93 bits per heavy atom. The standard InChI is InChI=1S/C20H23NO6.ClH/c1-12(2-3-13-4-7-18-19(8-13)27-11-26-18)21-10-17(23)14-5-6-16(22)15(9-14)20(24)25;/h4-9,12,17,21-23H,2-3,10-11H2,1H3,(H,24,25);1H. The molecule has 0 amide bonds. The van der Waals surface area contributed by atoms with Gasteiger partial charge in [0.25, 0.3) is 0 Å². The Balaban J connectivity index is 0.00000280. The average Bonchev–Trinajstić information content (AvgIpc) is 3.12. The summed E-state index contributed by atoms with van der Waals surface area (Å²) in [6, 6.07) is 10.1. The smallest absolute Gasteiger partial charge is 0.339 e. The molecule has 0 aromatic heterocycles. The van der Waals surface area contributed by atoms with Crippen LogP contribution in [0.3, 0.4) is 0 Å². The third kappa shape index (κ3) is 5.28. The fourth-order valence-electron chi connectivity index (χ4n) is 2.94. The molecule has 1 aliphatic heterocycles. The molecule has 0 saturated heterocycles. The third-order valence-corrected chi connectivity index (χ3v) is 4.60. The maximum absolute atomic E-state index is 11.1. The van der Waals surface area contributed by atoms with Crippen molar-refractivity contribution in [3.8, 4) is 17.2 Å². The molecule has 2 aromatic carbocycles. The second-order valence-corrected chi connectivity index (χ2v) is 6.63. The number of carboxylic acids is 1. The van der Waals surface area contributed by atoms with Crippen LogP contribution in [0.4, 0.5) is 0 Å². The first-order chi connectivity index (χ1) is 12.9. The highest BCUT2D eigenvalue weighted by Gasteiger charge is 2.16. The largest absolute Gasteiger partial charge is 0.507 e. The number of carboxylic acid groups (broad SMARTS) is 1. The number of carbonyl (C=O) groups is 1. The van der Waals surface area contributed by atoms with Crippen LogP contribution in [0.25, 0.3) is 0 Å². The van der Waals surface area contributed by atoms with Gasteiger partial charge in [0.15, 0.2) is 11.5 Å². The van der Waals surface area contributed by atoms with Crippen LogP contribution in [0, 0.1) is 0 Å². The Labute approximate surface area is 169 Å². The Hall–Kier alpha value is -2.48. The summed E-state index contributed by atoms with van der Waals surface area (Å²) < 4.78 is 10.7. The SMILES string of the molecule is CC(CCc1ccc2c(c1)OCO2)NCC(O)c1ccc(O)c(C(=O)O)c1.Cl. The van der Waals surface area contributed by atoms with Gasteiger partial charge in [-0.15, -0.1) is 12.4 Å². The summed E-state index contributed by atoms with van der Waals surface area (Å²) in [6.45, 7) is 2.57. The predicted molar refractivity (Wildman–Crippen MR) is 106 cm³/mol. The van der Waals surface area contributed by atoms with Crippen LogP contribution in [-0.4, -0.2) is 40.7 Å². The molecule has 28 heavy (non-hydrogen) atoms. The summed E-state index contributed by atoms with van der Waals surface area (Å²) in [5.41, 5.74) is 1.38. The topological polar surface area (TPSA) is 108 Å². The van der Waals surface area contributed by atoms with E-state index in [1.165, 1.54) is 18.2 Å². The molecule has 0 spiro atoms. The molecule has 1 heterocycles. The number of aromatic carboxylic acids is 1. The number of hydrogen-bond acceptors (Lipinski definition) is 6. The van der Waals surface area contributed by atoms with E-state index in [9.17, 15) is 15.0 Å². The van der Waals surface area contributed by atoms with Crippen molar-refractivity contribution >= 4 is 18.4 Å². The number of hydrogen-bond donors (Lipinski definition) is 4. The minimum Gasteiger partial charge on any atom is -0.507 e. The number of aliphatic hydroxyl groups excluding tert-OH is 1. The number of phenols is 1. The first-order valence-electron chi connectivity index (χ1n) is 8.80. The van der Waals surface area contributed by atoms with Crippen molar-refractivity contribution in [1.29, 1.82) is 0 Å². The van der Waals surface area contributed by atoms with Crippen molar-refractivity contribution in [3.05, 3.63) is 53.1 Å². The summed E-state index contributed by atoms with van der Waals surface area (Å²) in [5.74, 6) is -0.0112. The Morgan fingerprint density at radius 1 is 1.18 bits per heavy atom. The van der Waals surface area contributed by atoms with E-state index in [1.54, 1.807) is 0 Å². The van der Waals surface area contributed by atoms with Crippen LogP contribution in [0.5, 0.6) is 17.2 Å². The van der Waals surface area contributed by atoms with E-state index in [1.807, 2.05) is 25.1 Å².